The van der Waals surface area contributed by atoms with Gasteiger partial charge in [-0.05, 0) is 12.1 Å². The van der Waals surface area contributed by atoms with Crippen LogP contribution >= 0.6 is 0 Å². The Kier molecular flexibility index (Phi) is 4.05. The van der Waals surface area contributed by atoms with Crippen LogP contribution in [-0.2, 0) is 6.54 Å². The summed E-state index contributed by atoms with van der Waals surface area (Å²) < 4.78 is 0. The average Bonchev–Trinajstić information content (AvgIpc) is 2.40. The number of rotatable bonds is 5. The number of aromatic nitrogens is 2. The number of nitrogens with zero attached hydrogens (tertiary/aromatic N) is 3. The molecule has 17 heavy (non-hydrogen) atoms. The number of aliphatic hydroxyl groups excluding tert-OH is 1. The summed E-state index contributed by atoms with van der Waals surface area (Å²) in [5.41, 5.74) is 2.12. The maximum atomic E-state index is 9.10. The van der Waals surface area contributed by atoms with Crippen LogP contribution in [0.15, 0.2) is 49.1 Å². The van der Waals surface area contributed by atoms with Crippen LogP contribution in [0.1, 0.15) is 5.56 Å². The summed E-state index contributed by atoms with van der Waals surface area (Å²) in [6.45, 7) is 1.42. The molecule has 0 bridgehead atoms. The molecule has 1 aromatic carbocycles. The number of hydrogen-bond donors (Lipinski definition) is 1. The summed E-state index contributed by atoms with van der Waals surface area (Å²) in [6.07, 6.45) is 5.10. The van der Waals surface area contributed by atoms with E-state index >= 15 is 0 Å². The molecule has 4 heteroatoms. The second-order valence-electron chi connectivity index (χ2n) is 3.73. The smallest absolute Gasteiger partial charge is 0.115 e. The monoisotopic (exact) mass is 229 g/mol. The lowest BCUT2D eigenvalue weighted by Crippen LogP contribution is -2.26. The number of benzene rings is 1. The van der Waals surface area contributed by atoms with Gasteiger partial charge < -0.3 is 10.0 Å². The molecule has 0 aliphatic heterocycles. The number of hydrogen-bond acceptors (Lipinski definition) is 4. The van der Waals surface area contributed by atoms with Crippen molar-refractivity contribution in [3.05, 3.63) is 54.6 Å². The van der Waals surface area contributed by atoms with Crippen LogP contribution in [0.2, 0.25) is 0 Å². The summed E-state index contributed by atoms with van der Waals surface area (Å²) in [4.78, 5) is 10.1. The third-order valence-electron chi connectivity index (χ3n) is 2.48. The molecular formula is C13H15N3O. The van der Waals surface area contributed by atoms with Crippen LogP contribution in [0.4, 0.5) is 5.69 Å². The van der Waals surface area contributed by atoms with Crippen molar-refractivity contribution in [2.24, 2.45) is 0 Å². The Morgan fingerprint density at radius 1 is 1.06 bits per heavy atom. The first-order valence-corrected chi connectivity index (χ1v) is 5.55. The summed E-state index contributed by atoms with van der Waals surface area (Å²) >= 11 is 0. The van der Waals surface area contributed by atoms with Gasteiger partial charge in [-0.2, -0.15) is 0 Å². The van der Waals surface area contributed by atoms with Crippen molar-refractivity contribution in [2.75, 3.05) is 18.1 Å². The van der Waals surface area contributed by atoms with Gasteiger partial charge in [0, 0.05) is 36.7 Å². The standard InChI is InChI=1S/C13H15N3O/c17-7-6-16(13-4-2-1-3-5-13)10-12-8-14-11-15-9-12/h1-5,8-9,11,17H,6-7,10H2. The van der Waals surface area contributed by atoms with Gasteiger partial charge in [-0.15, -0.1) is 0 Å². The molecule has 0 radical (unpaired) electrons. The molecule has 0 aliphatic carbocycles. The van der Waals surface area contributed by atoms with Crippen molar-refractivity contribution < 1.29 is 5.11 Å². The minimum absolute atomic E-state index is 0.128. The average molecular weight is 229 g/mol. The molecule has 0 spiro atoms. The largest absolute Gasteiger partial charge is 0.395 e. The fraction of sp³-hybridized carbons (Fsp3) is 0.231. The molecule has 4 nitrogen and oxygen atoms in total. The lowest BCUT2D eigenvalue weighted by Gasteiger charge is -2.23. The van der Waals surface area contributed by atoms with Gasteiger partial charge in [0.15, 0.2) is 0 Å². The van der Waals surface area contributed by atoms with Crippen LogP contribution in [0.3, 0.4) is 0 Å². The highest BCUT2D eigenvalue weighted by Crippen LogP contribution is 2.15. The molecule has 0 saturated carbocycles. The van der Waals surface area contributed by atoms with E-state index in [2.05, 4.69) is 14.9 Å². The molecule has 1 aromatic heterocycles. The van der Waals surface area contributed by atoms with Crippen molar-refractivity contribution in [3.63, 3.8) is 0 Å². The predicted octanol–water partition coefficient (Wildman–Crippen LogP) is 1.48. The molecule has 0 amide bonds. The molecule has 1 heterocycles. The Balaban J connectivity index is 2.13. The van der Waals surface area contributed by atoms with Gasteiger partial charge in [0.2, 0.25) is 0 Å². The van der Waals surface area contributed by atoms with E-state index in [1.54, 1.807) is 12.4 Å². The molecule has 2 aromatic rings. The van der Waals surface area contributed by atoms with E-state index in [9.17, 15) is 0 Å². The Morgan fingerprint density at radius 3 is 2.41 bits per heavy atom. The lowest BCUT2D eigenvalue weighted by atomic mass is 10.2. The quantitative estimate of drug-likeness (QED) is 0.843. The highest BCUT2D eigenvalue weighted by Gasteiger charge is 2.06. The molecule has 0 fully saturated rings. The summed E-state index contributed by atoms with van der Waals surface area (Å²) in [5, 5.41) is 9.10. The number of aliphatic hydroxyl groups is 1. The second-order valence-corrected chi connectivity index (χ2v) is 3.73. The molecule has 0 atom stereocenters. The van der Waals surface area contributed by atoms with E-state index < -0.39 is 0 Å². The molecule has 1 N–H and O–H groups in total. The van der Waals surface area contributed by atoms with E-state index in [1.165, 1.54) is 6.33 Å². The van der Waals surface area contributed by atoms with Gasteiger partial charge in [-0.3, -0.25) is 0 Å². The van der Waals surface area contributed by atoms with E-state index in [4.69, 9.17) is 5.11 Å². The highest BCUT2D eigenvalue weighted by molar-refractivity contribution is 5.46. The van der Waals surface area contributed by atoms with Crippen LogP contribution in [0.5, 0.6) is 0 Å². The predicted molar refractivity (Wildman–Crippen MR) is 66.6 cm³/mol. The zero-order chi connectivity index (χ0) is 11.9. The third-order valence-corrected chi connectivity index (χ3v) is 2.48. The van der Waals surface area contributed by atoms with Gasteiger partial charge in [-0.25, -0.2) is 9.97 Å². The lowest BCUT2D eigenvalue weighted by molar-refractivity contribution is 0.301. The zero-order valence-electron chi connectivity index (χ0n) is 9.53. The van der Waals surface area contributed by atoms with Gasteiger partial charge >= 0.3 is 0 Å². The molecular weight excluding hydrogens is 214 g/mol. The van der Waals surface area contributed by atoms with Gasteiger partial charge in [0.05, 0.1) is 6.61 Å². The fourth-order valence-electron chi connectivity index (χ4n) is 1.69. The van der Waals surface area contributed by atoms with Crippen molar-refractivity contribution in [1.82, 2.24) is 9.97 Å². The Hall–Kier alpha value is -1.94. The highest BCUT2D eigenvalue weighted by atomic mass is 16.3. The number of anilines is 1. The topological polar surface area (TPSA) is 49.2 Å². The molecule has 0 saturated heterocycles. The maximum Gasteiger partial charge on any atom is 0.115 e. The first-order chi connectivity index (χ1) is 8.40. The first kappa shape index (κ1) is 11.5. The van der Waals surface area contributed by atoms with Crippen molar-refractivity contribution >= 4 is 5.69 Å². The summed E-state index contributed by atoms with van der Waals surface area (Å²) in [7, 11) is 0. The van der Waals surface area contributed by atoms with Crippen molar-refractivity contribution in [2.45, 2.75) is 6.54 Å². The third kappa shape index (κ3) is 3.26. The van der Waals surface area contributed by atoms with Crippen LogP contribution in [0, 0.1) is 0 Å². The van der Waals surface area contributed by atoms with Gasteiger partial charge in [-0.1, -0.05) is 18.2 Å². The molecule has 0 unspecified atom stereocenters. The second kappa shape index (κ2) is 5.96. The maximum absolute atomic E-state index is 9.10. The van der Waals surface area contributed by atoms with Crippen molar-refractivity contribution in [1.29, 1.82) is 0 Å². The van der Waals surface area contributed by atoms with Gasteiger partial charge in [0.25, 0.3) is 0 Å². The van der Waals surface area contributed by atoms with Crippen LogP contribution < -0.4 is 4.90 Å². The normalized spacial score (nSPS) is 10.2. The van der Waals surface area contributed by atoms with Crippen LogP contribution in [0.25, 0.3) is 0 Å². The molecule has 0 aliphatic rings. The van der Waals surface area contributed by atoms with E-state index in [-0.39, 0.29) is 6.61 Å². The minimum atomic E-state index is 0.128. The van der Waals surface area contributed by atoms with E-state index in [0.29, 0.717) is 13.1 Å². The SMILES string of the molecule is OCCN(Cc1cncnc1)c1ccccc1. The minimum Gasteiger partial charge on any atom is -0.395 e. The summed E-state index contributed by atoms with van der Waals surface area (Å²) in [6, 6.07) is 10.0. The first-order valence-electron chi connectivity index (χ1n) is 5.55. The zero-order valence-corrected chi connectivity index (χ0v) is 9.53. The fourth-order valence-corrected chi connectivity index (χ4v) is 1.69. The molecule has 88 valence electrons. The Bertz CT molecular complexity index is 433. The molecule has 2 rings (SSSR count). The summed E-state index contributed by atoms with van der Waals surface area (Å²) in [5.74, 6) is 0. The Labute approximate surface area is 101 Å². The van der Waals surface area contributed by atoms with Crippen LogP contribution in [-0.4, -0.2) is 28.2 Å². The Morgan fingerprint density at radius 2 is 1.76 bits per heavy atom. The van der Waals surface area contributed by atoms with Crippen molar-refractivity contribution in [3.8, 4) is 0 Å². The van der Waals surface area contributed by atoms with Gasteiger partial charge in [0.1, 0.15) is 6.33 Å². The van der Waals surface area contributed by atoms with E-state index in [1.807, 2.05) is 30.3 Å². The van der Waals surface area contributed by atoms with E-state index in [0.717, 1.165) is 11.3 Å². The number of para-hydroxylation sites is 1.